The molecular formula is C45H55FN2O3. The van der Waals surface area contributed by atoms with Crippen molar-refractivity contribution in [2.45, 2.75) is 135 Å². The third kappa shape index (κ3) is 10.2. The molecule has 6 heteroatoms. The van der Waals surface area contributed by atoms with Crippen LogP contribution in [0, 0.1) is 5.82 Å². The molecule has 0 radical (unpaired) electrons. The SMILES string of the molecule is CCCCCCCCCCCc1cnc(-c2ccc(C3(CCCCCCCC)Cc4ccc(C(=O)Oc5ccccc5F)cc4C3=O)cc2)nc1. The normalized spacial score (nSPS) is 15.2. The quantitative estimate of drug-likeness (QED) is 0.0494. The highest BCUT2D eigenvalue weighted by atomic mass is 19.1. The van der Waals surface area contributed by atoms with Crippen molar-refractivity contribution in [2.75, 3.05) is 0 Å². The first kappa shape index (κ1) is 38.1. The van der Waals surface area contributed by atoms with Crippen LogP contribution in [-0.2, 0) is 18.3 Å². The van der Waals surface area contributed by atoms with E-state index in [1.54, 1.807) is 24.3 Å². The van der Waals surface area contributed by atoms with Gasteiger partial charge in [-0.2, -0.15) is 0 Å². The van der Waals surface area contributed by atoms with Crippen LogP contribution in [0.1, 0.15) is 154 Å². The number of fused-ring (bicyclic) bond motifs is 1. The van der Waals surface area contributed by atoms with Crippen LogP contribution in [0.15, 0.2) is 79.1 Å². The summed E-state index contributed by atoms with van der Waals surface area (Å²) in [5.41, 5.74) is 4.03. The van der Waals surface area contributed by atoms with Crippen molar-refractivity contribution in [3.8, 4) is 17.1 Å². The van der Waals surface area contributed by atoms with Gasteiger partial charge in [0.05, 0.1) is 11.0 Å². The number of ketones is 1. The molecule has 1 atom stereocenters. The minimum atomic E-state index is -0.722. The summed E-state index contributed by atoms with van der Waals surface area (Å²) >= 11 is 0. The van der Waals surface area contributed by atoms with Crippen molar-refractivity contribution in [1.29, 1.82) is 0 Å². The summed E-state index contributed by atoms with van der Waals surface area (Å²) < 4.78 is 19.5. The van der Waals surface area contributed by atoms with Gasteiger partial charge in [-0.15, -0.1) is 0 Å². The Morgan fingerprint density at radius 2 is 1.35 bits per heavy atom. The van der Waals surface area contributed by atoms with Gasteiger partial charge < -0.3 is 4.74 Å². The number of rotatable bonds is 21. The second kappa shape index (κ2) is 19.4. The summed E-state index contributed by atoms with van der Waals surface area (Å²) in [5, 5.41) is 0. The molecule has 4 aromatic rings. The Hall–Kier alpha value is -4.19. The zero-order chi connectivity index (χ0) is 35.9. The molecule has 0 aliphatic heterocycles. The minimum Gasteiger partial charge on any atom is -0.420 e. The smallest absolute Gasteiger partial charge is 0.343 e. The van der Waals surface area contributed by atoms with Gasteiger partial charge in [-0.05, 0) is 66.6 Å². The minimum absolute atomic E-state index is 0.0245. The Balaban J connectivity index is 1.25. The molecule has 1 aromatic heterocycles. The fourth-order valence-electron chi connectivity index (χ4n) is 7.42. The van der Waals surface area contributed by atoms with Gasteiger partial charge in [0.2, 0.25) is 0 Å². The second-order valence-corrected chi connectivity index (χ2v) is 14.4. The lowest BCUT2D eigenvalue weighted by atomic mass is 9.73. The molecule has 0 spiro atoms. The summed E-state index contributed by atoms with van der Waals surface area (Å²) in [5.74, 6) is -0.727. The standard InChI is InChI=1S/C45H55FN2O3/c1-3-5-7-9-11-12-13-14-16-20-34-32-47-43(48-33-34)35-25-27-38(28-26-35)45(29-19-15-10-8-6-4-2)31-37-24-23-36(30-39(37)42(45)49)44(50)51-41-22-18-17-21-40(41)46/h17-18,21-28,30,32-33H,3-16,19-20,29,31H2,1-2H3. The molecule has 0 bridgehead atoms. The molecule has 0 amide bonds. The summed E-state index contributed by atoms with van der Waals surface area (Å²) in [6.07, 6.45) is 24.8. The van der Waals surface area contributed by atoms with E-state index in [-0.39, 0.29) is 17.1 Å². The van der Waals surface area contributed by atoms with Gasteiger partial charge in [0.1, 0.15) is 0 Å². The Morgan fingerprint density at radius 3 is 2.00 bits per heavy atom. The molecule has 5 rings (SSSR count). The fraction of sp³-hybridized carbons (Fsp3) is 0.467. The van der Waals surface area contributed by atoms with Crippen LogP contribution >= 0.6 is 0 Å². The first-order valence-electron chi connectivity index (χ1n) is 19.5. The number of hydrogen-bond acceptors (Lipinski definition) is 5. The molecule has 0 saturated heterocycles. The summed E-state index contributed by atoms with van der Waals surface area (Å²) in [4.78, 5) is 36.8. The molecule has 51 heavy (non-hydrogen) atoms. The van der Waals surface area contributed by atoms with Crippen LogP contribution < -0.4 is 4.74 Å². The van der Waals surface area contributed by atoms with E-state index in [0.29, 0.717) is 17.8 Å². The van der Waals surface area contributed by atoms with Crippen LogP contribution in [0.5, 0.6) is 5.75 Å². The van der Waals surface area contributed by atoms with Gasteiger partial charge in [-0.25, -0.2) is 19.2 Å². The second-order valence-electron chi connectivity index (χ2n) is 14.4. The van der Waals surface area contributed by atoms with Gasteiger partial charge in [0, 0.05) is 23.5 Å². The number of para-hydroxylation sites is 1. The van der Waals surface area contributed by atoms with E-state index in [1.807, 2.05) is 30.6 Å². The van der Waals surface area contributed by atoms with E-state index in [0.717, 1.165) is 55.2 Å². The number of carbonyl (C=O) groups excluding carboxylic acids is 2. The van der Waals surface area contributed by atoms with Crippen LogP contribution in [0.25, 0.3) is 11.4 Å². The number of carbonyl (C=O) groups is 2. The van der Waals surface area contributed by atoms with E-state index in [4.69, 9.17) is 14.7 Å². The number of benzene rings is 3. The summed E-state index contributed by atoms with van der Waals surface area (Å²) in [6.45, 7) is 4.47. The first-order chi connectivity index (χ1) is 24.9. The van der Waals surface area contributed by atoms with Gasteiger partial charge in [-0.1, -0.05) is 146 Å². The van der Waals surface area contributed by atoms with Crippen molar-refractivity contribution >= 4 is 11.8 Å². The van der Waals surface area contributed by atoms with Crippen LogP contribution in [-0.4, -0.2) is 21.7 Å². The van der Waals surface area contributed by atoms with E-state index in [2.05, 4.69) is 26.0 Å². The van der Waals surface area contributed by atoms with E-state index < -0.39 is 17.2 Å². The highest BCUT2D eigenvalue weighted by Crippen LogP contribution is 2.44. The number of ether oxygens (including phenoxy) is 1. The Kier molecular flexibility index (Phi) is 14.5. The Bertz CT molecular complexity index is 1700. The zero-order valence-corrected chi connectivity index (χ0v) is 30.7. The van der Waals surface area contributed by atoms with Crippen molar-refractivity contribution in [3.05, 3.63) is 113 Å². The Morgan fingerprint density at radius 1 is 0.745 bits per heavy atom. The molecule has 5 nitrogen and oxygen atoms in total. The molecule has 0 saturated carbocycles. The number of esters is 1. The third-order valence-electron chi connectivity index (χ3n) is 10.5. The summed E-state index contributed by atoms with van der Waals surface area (Å²) in [7, 11) is 0. The van der Waals surface area contributed by atoms with Crippen molar-refractivity contribution in [3.63, 3.8) is 0 Å². The van der Waals surface area contributed by atoms with Gasteiger partial charge in [0.25, 0.3) is 0 Å². The molecular weight excluding hydrogens is 636 g/mol. The van der Waals surface area contributed by atoms with E-state index in [1.165, 1.54) is 88.3 Å². The van der Waals surface area contributed by atoms with Gasteiger partial charge in [0.15, 0.2) is 23.2 Å². The molecule has 1 aliphatic carbocycles. The average Bonchev–Trinajstić information content (AvgIpc) is 3.44. The molecule has 1 unspecified atom stereocenters. The maximum Gasteiger partial charge on any atom is 0.343 e. The lowest BCUT2D eigenvalue weighted by Gasteiger charge is -2.28. The molecule has 3 aromatic carbocycles. The number of nitrogens with zero attached hydrogens (tertiary/aromatic N) is 2. The third-order valence-corrected chi connectivity index (χ3v) is 10.5. The van der Waals surface area contributed by atoms with Gasteiger partial charge >= 0.3 is 5.97 Å². The first-order valence-corrected chi connectivity index (χ1v) is 19.5. The van der Waals surface area contributed by atoms with Crippen LogP contribution in [0.4, 0.5) is 4.39 Å². The Labute approximate surface area is 304 Å². The van der Waals surface area contributed by atoms with Crippen molar-refractivity contribution < 1.29 is 18.7 Å². The monoisotopic (exact) mass is 690 g/mol. The lowest BCUT2D eigenvalue weighted by Crippen LogP contribution is -2.33. The predicted octanol–water partition coefficient (Wildman–Crippen LogP) is 12.0. The number of aryl methyl sites for hydroxylation is 1. The van der Waals surface area contributed by atoms with Crippen molar-refractivity contribution in [2.24, 2.45) is 0 Å². The van der Waals surface area contributed by atoms with Gasteiger partial charge in [-0.3, -0.25) is 4.79 Å². The summed E-state index contributed by atoms with van der Waals surface area (Å²) in [6, 6.07) is 19.1. The number of Topliss-reactive ketones (excluding diaryl/α,β-unsaturated/α-hetero) is 1. The predicted molar refractivity (Wildman–Crippen MR) is 204 cm³/mol. The number of unbranched alkanes of at least 4 members (excludes halogenated alkanes) is 13. The van der Waals surface area contributed by atoms with Crippen LogP contribution in [0.2, 0.25) is 0 Å². The molecule has 0 fully saturated rings. The average molecular weight is 691 g/mol. The molecule has 270 valence electrons. The maximum absolute atomic E-state index is 14.4. The fourth-order valence-corrected chi connectivity index (χ4v) is 7.42. The van der Waals surface area contributed by atoms with E-state index >= 15 is 0 Å². The number of halogens is 1. The molecule has 1 heterocycles. The molecule has 0 N–H and O–H groups in total. The number of aromatic nitrogens is 2. The lowest BCUT2D eigenvalue weighted by molar-refractivity contribution is 0.0728. The van der Waals surface area contributed by atoms with Crippen molar-refractivity contribution in [1.82, 2.24) is 9.97 Å². The number of hydrogen-bond donors (Lipinski definition) is 0. The highest BCUT2D eigenvalue weighted by Gasteiger charge is 2.46. The largest absolute Gasteiger partial charge is 0.420 e. The van der Waals surface area contributed by atoms with E-state index in [9.17, 15) is 14.0 Å². The van der Waals surface area contributed by atoms with Crippen LogP contribution in [0.3, 0.4) is 0 Å². The molecule has 1 aliphatic rings. The highest BCUT2D eigenvalue weighted by molar-refractivity contribution is 6.10. The zero-order valence-electron chi connectivity index (χ0n) is 30.7. The maximum atomic E-state index is 14.4. The topological polar surface area (TPSA) is 69.2 Å².